The van der Waals surface area contributed by atoms with Gasteiger partial charge in [-0.2, -0.15) is 0 Å². The third-order valence-corrected chi connectivity index (χ3v) is 4.12. The van der Waals surface area contributed by atoms with Crippen LogP contribution in [-0.4, -0.2) is 26.9 Å². The van der Waals surface area contributed by atoms with Gasteiger partial charge in [-0.15, -0.1) is 11.3 Å². The highest BCUT2D eigenvalue weighted by atomic mass is 32.2. The zero-order valence-electron chi connectivity index (χ0n) is 10.0. The zero-order valence-corrected chi connectivity index (χ0v) is 11.6. The number of carboxylic acid groups (broad SMARTS) is 1. The van der Waals surface area contributed by atoms with Crippen LogP contribution in [0.3, 0.4) is 0 Å². The molecule has 2 N–H and O–H groups in total. The average Bonchev–Trinajstić information content (AvgIpc) is 2.88. The molecule has 0 aliphatic carbocycles. The first-order chi connectivity index (χ1) is 9.56. The minimum Gasteiger partial charge on any atom is -0.502 e. The third kappa shape index (κ3) is 3.69. The number of hydrogen-bond acceptors (Lipinski definition) is 6. The van der Waals surface area contributed by atoms with Crippen LogP contribution in [0.15, 0.2) is 56.8 Å². The highest BCUT2D eigenvalue weighted by Crippen LogP contribution is 2.30. The van der Waals surface area contributed by atoms with E-state index in [-0.39, 0.29) is 5.69 Å². The lowest BCUT2D eigenvalue weighted by Crippen LogP contribution is -2.04. The molecule has 0 spiro atoms. The topological polar surface area (TPSA) is 87.5 Å². The van der Waals surface area contributed by atoms with Crippen LogP contribution in [0.5, 0.6) is 0 Å². The zero-order chi connectivity index (χ0) is 14.5. The van der Waals surface area contributed by atoms with Crippen LogP contribution < -0.4 is 0 Å². The lowest BCUT2D eigenvalue weighted by molar-refractivity contribution is -0.135. The predicted molar refractivity (Wildman–Crippen MR) is 75.4 cm³/mol. The number of thiazole rings is 1. The number of nitrogens with zero attached hydrogens (tertiary/aromatic N) is 1. The second-order valence-electron chi connectivity index (χ2n) is 3.61. The summed E-state index contributed by atoms with van der Waals surface area (Å²) in [7, 11) is 0. The molecule has 1 aromatic heterocycles. The third-order valence-electron chi connectivity index (χ3n) is 2.17. The first-order valence-corrected chi connectivity index (χ1v) is 7.12. The summed E-state index contributed by atoms with van der Waals surface area (Å²) in [6, 6.07) is 9.54. The van der Waals surface area contributed by atoms with Gasteiger partial charge in [0.1, 0.15) is 5.69 Å². The molecule has 0 aliphatic rings. The van der Waals surface area contributed by atoms with Gasteiger partial charge in [0, 0.05) is 16.4 Å². The molecule has 1 aromatic carbocycles. The van der Waals surface area contributed by atoms with Crippen molar-refractivity contribution in [3.63, 3.8) is 0 Å². The molecule has 0 amide bonds. The summed E-state index contributed by atoms with van der Waals surface area (Å²) in [5, 5.41) is 19.0. The molecule has 0 saturated carbocycles. The number of ketones is 1. The first kappa shape index (κ1) is 14.3. The molecule has 0 fully saturated rings. The molecular formula is C13H9NO4S2. The fourth-order valence-corrected chi connectivity index (χ4v) is 3.06. The molecule has 0 atom stereocenters. The Hall–Kier alpha value is -2.12. The van der Waals surface area contributed by atoms with Gasteiger partial charge in [0.05, 0.1) is 0 Å². The Balaban J connectivity index is 2.11. The van der Waals surface area contributed by atoms with E-state index in [0.29, 0.717) is 10.4 Å². The first-order valence-electron chi connectivity index (χ1n) is 5.43. The number of aliphatic hydroxyl groups excluding tert-OH is 1. The molecule has 0 unspecified atom stereocenters. The Labute approximate surface area is 122 Å². The maximum atomic E-state index is 11.7. The van der Waals surface area contributed by atoms with E-state index in [1.807, 2.05) is 30.3 Å². The Morgan fingerprint density at radius 3 is 2.55 bits per heavy atom. The van der Waals surface area contributed by atoms with E-state index < -0.39 is 17.5 Å². The molecule has 7 heteroatoms. The standard InChI is InChI=1S/C13H9NO4S2/c15-10(6-11(16)12(17)18)9-7-19-13(14-9)20-8-4-2-1-3-5-8/h1-7,16H,(H,17,18)/b11-6-. The summed E-state index contributed by atoms with van der Waals surface area (Å²) < 4.78 is 0.669. The van der Waals surface area contributed by atoms with Crippen LogP contribution in [0.2, 0.25) is 0 Å². The van der Waals surface area contributed by atoms with Crippen LogP contribution in [0.1, 0.15) is 10.5 Å². The number of carbonyl (C=O) groups excluding carboxylic acids is 1. The van der Waals surface area contributed by atoms with Crippen LogP contribution >= 0.6 is 23.1 Å². The quantitative estimate of drug-likeness (QED) is 0.501. The molecule has 0 saturated heterocycles. The lowest BCUT2D eigenvalue weighted by Gasteiger charge is -1.95. The minimum absolute atomic E-state index is 0.112. The molecular weight excluding hydrogens is 298 g/mol. The second-order valence-corrected chi connectivity index (χ2v) is 5.79. The Morgan fingerprint density at radius 2 is 1.90 bits per heavy atom. The summed E-state index contributed by atoms with van der Waals surface area (Å²) in [5.41, 5.74) is 0.112. The van der Waals surface area contributed by atoms with Gasteiger partial charge in [-0.05, 0) is 12.1 Å². The monoisotopic (exact) mass is 307 g/mol. The normalized spacial score (nSPS) is 11.3. The van der Waals surface area contributed by atoms with E-state index in [9.17, 15) is 9.59 Å². The molecule has 102 valence electrons. The Bertz CT molecular complexity index is 664. The van der Waals surface area contributed by atoms with Gasteiger partial charge >= 0.3 is 5.97 Å². The van der Waals surface area contributed by atoms with Crippen molar-refractivity contribution in [2.75, 3.05) is 0 Å². The SMILES string of the molecule is O=C(O)/C(O)=C/C(=O)c1csc(Sc2ccccc2)n1. The molecule has 2 aromatic rings. The molecule has 2 rings (SSSR count). The Morgan fingerprint density at radius 1 is 1.20 bits per heavy atom. The van der Waals surface area contributed by atoms with Gasteiger partial charge in [-0.1, -0.05) is 30.0 Å². The maximum Gasteiger partial charge on any atom is 0.371 e. The van der Waals surface area contributed by atoms with Crippen molar-refractivity contribution in [3.05, 3.63) is 53.2 Å². The maximum absolute atomic E-state index is 11.7. The molecule has 5 nitrogen and oxygen atoms in total. The van der Waals surface area contributed by atoms with Crippen LogP contribution in [-0.2, 0) is 4.79 Å². The van der Waals surface area contributed by atoms with E-state index in [1.165, 1.54) is 28.5 Å². The van der Waals surface area contributed by atoms with Crippen LogP contribution in [0, 0.1) is 0 Å². The predicted octanol–water partition coefficient (Wildman–Crippen LogP) is 3.00. The van der Waals surface area contributed by atoms with Crippen LogP contribution in [0.4, 0.5) is 0 Å². The fourth-order valence-electron chi connectivity index (χ4n) is 1.27. The van der Waals surface area contributed by atoms with Crippen molar-refractivity contribution in [2.24, 2.45) is 0 Å². The van der Waals surface area contributed by atoms with Crippen molar-refractivity contribution in [2.45, 2.75) is 9.24 Å². The number of benzene rings is 1. The van der Waals surface area contributed by atoms with E-state index in [1.54, 1.807) is 0 Å². The van der Waals surface area contributed by atoms with Crippen molar-refractivity contribution in [1.29, 1.82) is 0 Å². The second kappa shape index (κ2) is 6.36. The van der Waals surface area contributed by atoms with Gasteiger partial charge in [-0.3, -0.25) is 4.79 Å². The summed E-state index contributed by atoms with van der Waals surface area (Å²) in [6.45, 7) is 0. The van der Waals surface area contributed by atoms with Gasteiger partial charge in [0.15, 0.2) is 4.34 Å². The van der Waals surface area contributed by atoms with Crippen molar-refractivity contribution in [1.82, 2.24) is 4.98 Å². The number of carbonyl (C=O) groups is 2. The largest absolute Gasteiger partial charge is 0.502 e. The van der Waals surface area contributed by atoms with Crippen molar-refractivity contribution in [3.8, 4) is 0 Å². The van der Waals surface area contributed by atoms with Crippen LogP contribution in [0.25, 0.3) is 0 Å². The lowest BCUT2D eigenvalue weighted by atomic mass is 10.3. The van der Waals surface area contributed by atoms with E-state index in [0.717, 1.165) is 4.90 Å². The molecule has 0 bridgehead atoms. The molecule has 0 aliphatic heterocycles. The van der Waals surface area contributed by atoms with Crippen molar-refractivity contribution < 1.29 is 19.8 Å². The minimum atomic E-state index is -1.55. The number of carboxylic acids is 1. The Kier molecular flexibility index (Phi) is 4.54. The number of aliphatic hydroxyl groups is 1. The molecule has 20 heavy (non-hydrogen) atoms. The number of rotatable bonds is 5. The van der Waals surface area contributed by atoms with Crippen molar-refractivity contribution >= 4 is 34.9 Å². The number of hydrogen-bond donors (Lipinski definition) is 2. The number of aromatic nitrogens is 1. The highest BCUT2D eigenvalue weighted by molar-refractivity contribution is 8.01. The van der Waals surface area contributed by atoms with Gasteiger partial charge in [-0.25, -0.2) is 9.78 Å². The summed E-state index contributed by atoms with van der Waals surface area (Å²) in [5.74, 6) is -3.19. The van der Waals surface area contributed by atoms with E-state index in [2.05, 4.69) is 4.98 Å². The fraction of sp³-hybridized carbons (Fsp3) is 0. The van der Waals surface area contributed by atoms with Gasteiger partial charge in [0.25, 0.3) is 0 Å². The van der Waals surface area contributed by atoms with Gasteiger partial charge in [0.2, 0.25) is 11.5 Å². The number of allylic oxidation sites excluding steroid dienone is 1. The summed E-state index contributed by atoms with van der Waals surface area (Å²) >= 11 is 2.69. The van der Waals surface area contributed by atoms with Gasteiger partial charge < -0.3 is 10.2 Å². The van der Waals surface area contributed by atoms with E-state index in [4.69, 9.17) is 10.2 Å². The molecule has 0 radical (unpaired) electrons. The number of aliphatic carboxylic acids is 1. The highest BCUT2D eigenvalue weighted by Gasteiger charge is 2.13. The average molecular weight is 307 g/mol. The summed E-state index contributed by atoms with van der Waals surface area (Å²) in [4.78, 5) is 27.2. The summed E-state index contributed by atoms with van der Waals surface area (Å²) in [6.07, 6.45) is 0.647. The molecule has 1 heterocycles. The van der Waals surface area contributed by atoms with E-state index >= 15 is 0 Å². The smallest absolute Gasteiger partial charge is 0.371 e.